The number of nitrogens with zero attached hydrogens (tertiary/aromatic N) is 2. The normalized spacial score (nSPS) is 17.0. The molecule has 158 valence electrons. The summed E-state index contributed by atoms with van der Waals surface area (Å²) < 4.78 is 1.75. The van der Waals surface area contributed by atoms with E-state index < -0.39 is 35.9 Å². The van der Waals surface area contributed by atoms with Crippen molar-refractivity contribution < 1.29 is 24.3 Å². The molecule has 10 heteroatoms. The molecule has 1 aliphatic rings. The number of carbonyl (C=O) groups is 4. The molecule has 1 aromatic heterocycles. The summed E-state index contributed by atoms with van der Waals surface area (Å²) in [6.45, 7) is 0. The van der Waals surface area contributed by atoms with Gasteiger partial charge in [-0.1, -0.05) is 30.3 Å². The predicted molar refractivity (Wildman–Crippen MR) is 110 cm³/mol. The Bertz CT molecular complexity index is 1160. The number of hydrogen-bond acceptors (Lipinski definition) is 5. The summed E-state index contributed by atoms with van der Waals surface area (Å²) in [5.41, 5.74) is 2.52. The number of aliphatic carboxylic acids is 1. The van der Waals surface area contributed by atoms with E-state index in [1.165, 1.54) is 0 Å². The molecule has 4 amide bonds. The van der Waals surface area contributed by atoms with Crippen molar-refractivity contribution in [1.29, 1.82) is 0 Å². The highest BCUT2D eigenvalue weighted by molar-refractivity contribution is 6.06. The zero-order valence-electron chi connectivity index (χ0n) is 16.2. The quantitative estimate of drug-likeness (QED) is 0.477. The molecular formula is C21H19N5O5. The predicted octanol–water partition coefficient (Wildman–Crippen LogP) is 1.64. The smallest absolute Gasteiger partial charge is 0.322 e. The number of aromatic nitrogens is 2. The van der Waals surface area contributed by atoms with Gasteiger partial charge in [-0.3, -0.25) is 19.7 Å². The van der Waals surface area contributed by atoms with E-state index in [-0.39, 0.29) is 12.8 Å². The Hall–Kier alpha value is -4.21. The van der Waals surface area contributed by atoms with Crippen LogP contribution in [-0.2, 0) is 14.4 Å². The van der Waals surface area contributed by atoms with E-state index in [2.05, 4.69) is 20.9 Å². The second kappa shape index (κ2) is 8.27. The van der Waals surface area contributed by atoms with Gasteiger partial charge in [0, 0.05) is 5.69 Å². The van der Waals surface area contributed by atoms with Crippen LogP contribution in [0.4, 0.5) is 10.5 Å². The van der Waals surface area contributed by atoms with Gasteiger partial charge < -0.3 is 20.3 Å². The van der Waals surface area contributed by atoms with E-state index in [4.69, 9.17) is 0 Å². The highest BCUT2D eigenvalue weighted by Gasteiger charge is 2.29. The maximum Gasteiger partial charge on any atom is 0.322 e. The summed E-state index contributed by atoms with van der Waals surface area (Å²) >= 11 is 0. The number of nitrogens with one attached hydrogen (secondary N) is 3. The molecule has 10 nitrogen and oxygen atoms in total. The number of carboxylic acid groups (broad SMARTS) is 1. The van der Waals surface area contributed by atoms with E-state index >= 15 is 0 Å². The highest BCUT2D eigenvalue weighted by atomic mass is 16.4. The fourth-order valence-electron chi connectivity index (χ4n) is 3.57. The van der Waals surface area contributed by atoms with Crippen LogP contribution in [0.5, 0.6) is 0 Å². The van der Waals surface area contributed by atoms with E-state index in [1.54, 1.807) is 29.1 Å². The molecule has 1 aliphatic heterocycles. The SMILES string of the molecule is O=C(O)CC(c1ccccc1)n1cnc2ccc(NC(=O)[C@@H]3CC(=O)NC(=O)N3)cc21. The molecule has 3 aromatic rings. The molecule has 4 N–H and O–H groups in total. The first kappa shape index (κ1) is 20.1. The molecule has 0 spiro atoms. The van der Waals surface area contributed by atoms with Gasteiger partial charge in [0.1, 0.15) is 6.04 Å². The third-order valence-electron chi connectivity index (χ3n) is 4.99. The molecule has 0 radical (unpaired) electrons. The Kier molecular flexibility index (Phi) is 5.35. The number of imide groups is 1. The number of urea groups is 1. The maximum atomic E-state index is 12.5. The first-order valence-electron chi connectivity index (χ1n) is 9.55. The van der Waals surface area contributed by atoms with E-state index in [0.29, 0.717) is 16.7 Å². The summed E-state index contributed by atoms with van der Waals surface area (Å²) in [5, 5.41) is 16.6. The number of rotatable bonds is 6. The first-order valence-corrected chi connectivity index (χ1v) is 9.55. The topological polar surface area (TPSA) is 142 Å². The third kappa shape index (κ3) is 4.37. The lowest BCUT2D eigenvalue weighted by Gasteiger charge is -2.22. The molecule has 0 saturated carbocycles. The van der Waals surface area contributed by atoms with Crippen molar-refractivity contribution in [3.05, 3.63) is 60.4 Å². The Labute approximate surface area is 176 Å². The van der Waals surface area contributed by atoms with Crippen LogP contribution in [0.2, 0.25) is 0 Å². The van der Waals surface area contributed by atoms with Crippen LogP contribution in [0, 0.1) is 0 Å². The van der Waals surface area contributed by atoms with Gasteiger partial charge in [0.05, 0.1) is 36.2 Å². The van der Waals surface area contributed by atoms with Crippen LogP contribution in [-0.4, -0.2) is 44.5 Å². The third-order valence-corrected chi connectivity index (χ3v) is 4.99. The molecule has 1 saturated heterocycles. The minimum atomic E-state index is -0.981. The van der Waals surface area contributed by atoms with Gasteiger partial charge in [0.25, 0.3) is 0 Å². The molecule has 2 atom stereocenters. The monoisotopic (exact) mass is 421 g/mol. The fraction of sp³-hybridized carbons (Fsp3) is 0.190. The zero-order chi connectivity index (χ0) is 22.0. The lowest BCUT2D eigenvalue weighted by atomic mass is 10.0. The standard InChI is InChI=1S/C21H19N5O5/c27-18-9-15(24-21(31)25-18)20(30)23-13-6-7-14-17(8-13)26(11-22-14)16(10-19(28)29)12-4-2-1-3-5-12/h1-8,11,15-16H,9-10H2,(H,23,30)(H,28,29)(H2,24,25,27,31)/t15-,16?/m0/s1. The summed E-state index contributed by atoms with van der Waals surface area (Å²) in [6, 6.07) is 12.1. The Morgan fingerprint density at radius 2 is 1.97 bits per heavy atom. The summed E-state index contributed by atoms with van der Waals surface area (Å²) in [5.74, 6) is -2.01. The van der Waals surface area contributed by atoms with Crippen molar-refractivity contribution in [1.82, 2.24) is 20.2 Å². The largest absolute Gasteiger partial charge is 0.481 e. The van der Waals surface area contributed by atoms with Crippen molar-refractivity contribution in [2.75, 3.05) is 5.32 Å². The molecule has 2 heterocycles. The van der Waals surface area contributed by atoms with Gasteiger partial charge in [0.15, 0.2) is 0 Å². The zero-order valence-corrected chi connectivity index (χ0v) is 16.2. The number of benzene rings is 2. The first-order chi connectivity index (χ1) is 14.9. The number of amides is 4. The Balaban J connectivity index is 1.64. The lowest BCUT2D eigenvalue weighted by Crippen LogP contribution is -2.56. The molecule has 2 aromatic carbocycles. The molecule has 1 unspecified atom stereocenters. The van der Waals surface area contributed by atoms with E-state index in [0.717, 1.165) is 5.56 Å². The van der Waals surface area contributed by atoms with Crippen molar-refractivity contribution in [3.8, 4) is 0 Å². The maximum absolute atomic E-state index is 12.5. The van der Waals surface area contributed by atoms with Crippen molar-refractivity contribution in [3.63, 3.8) is 0 Å². The number of imidazole rings is 1. The summed E-state index contributed by atoms with van der Waals surface area (Å²) in [6.07, 6.45) is 1.27. The molecule has 0 aliphatic carbocycles. The fourth-order valence-corrected chi connectivity index (χ4v) is 3.57. The van der Waals surface area contributed by atoms with Crippen LogP contribution >= 0.6 is 0 Å². The second-order valence-electron chi connectivity index (χ2n) is 7.15. The number of fused-ring (bicyclic) bond motifs is 1. The minimum Gasteiger partial charge on any atom is -0.481 e. The number of carboxylic acids is 1. The van der Waals surface area contributed by atoms with Crippen molar-refractivity contribution in [2.45, 2.75) is 24.9 Å². The van der Waals surface area contributed by atoms with Gasteiger partial charge >= 0.3 is 12.0 Å². The second-order valence-corrected chi connectivity index (χ2v) is 7.15. The van der Waals surface area contributed by atoms with Crippen LogP contribution in [0.15, 0.2) is 54.9 Å². The molecule has 4 rings (SSSR count). The summed E-state index contributed by atoms with van der Waals surface area (Å²) in [4.78, 5) is 51.3. The number of hydrogen-bond donors (Lipinski definition) is 4. The van der Waals surface area contributed by atoms with Crippen LogP contribution in [0.3, 0.4) is 0 Å². The molecule has 31 heavy (non-hydrogen) atoms. The Morgan fingerprint density at radius 3 is 2.68 bits per heavy atom. The molecule has 0 bridgehead atoms. The summed E-state index contributed by atoms with van der Waals surface area (Å²) in [7, 11) is 0. The van der Waals surface area contributed by atoms with Crippen molar-refractivity contribution >= 4 is 40.5 Å². The average molecular weight is 421 g/mol. The van der Waals surface area contributed by atoms with E-state index in [9.17, 15) is 24.3 Å². The average Bonchev–Trinajstić information content (AvgIpc) is 3.15. The van der Waals surface area contributed by atoms with Gasteiger partial charge in [-0.25, -0.2) is 9.78 Å². The van der Waals surface area contributed by atoms with Crippen LogP contribution in [0.25, 0.3) is 11.0 Å². The number of anilines is 1. The lowest BCUT2D eigenvalue weighted by molar-refractivity contribution is -0.137. The van der Waals surface area contributed by atoms with Gasteiger partial charge in [0.2, 0.25) is 11.8 Å². The number of carbonyl (C=O) groups excluding carboxylic acids is 3. The van der Waals surface area contributed by atoms with Crippen molar-refractivity contribution in [2.24, 2.45) is 0 Å². The molecule has 1 fully saturated rings. The Morgan fingerprint density at radius 1 is 1.19 bits per heavy atom. The van der Waals surface area contributed by atoms with Gasteiger partial charge in [-0.2, -0.15) is 0 Å². The van der Waals surface area contributed by atoms with Crippen LogP contribution in [0.1, 0.15) is 24.4 Å². The minimum absolute atomic E-state index is 0.144. The van der Waals surface area contributed by atoms with E-state index in [1.807, 2.05) is 30.3 Å². The van der Waals surface area contributed by atoms with Gasteiger partial charge in [-0.15, -0.1) is 0 Å². The van der Waals surface area contributed by atoms with Gasteiger partial charge in [-0.05, 0) is 23.8 Å². The van der Waals surface area contributed by atoms with Crippen LogP contribution < -0.4 is 16.0 Å². The molecular weight excluding hydrogens is 402 g/mol. The highest BCUT2D eigenvalue weighted by Crippen LogP contribution is 2.28.